The molecule has 0 saturated heterocycles. The number of aliphatic carboxylic acids is 1. The molecule has 0 aliphatic carbocycles. The van der Waals surface area contributed by atoms with Gasteiger partial charge in [0.2, 0.25) is 0 Å². The van der Waals surface area contributed by atoms with Crippen molar-refractivity contribution in [2.45, 2.75) is 25.8 Å². The Hall–Kier alpha value is -1.75. The third kappa shape index (κ3) is 4.44. The number of rotatable bonds is 7. The summed E-state index contributed by atoms with van der Waals surface area (Å²) in [7, 11) is 3.16. The Kier molecular flexibility index (Phi) is 5.63. The minimum atomic E-state index is -0.804. The van der Waals surface area contributed by atoms with E-state index in [1.54, 1.807) is 20.3 Å². The van der Waals surface area contributed by atoms with Crippen molar-refractivity contribution in [2.75, 3.05) is 14.2 Å². The van der Waals surface area contributed by atoms with Crippen LogP contribution < -0.4 is 15.2 Å². The summed E-state index contributed by atoms with van der Waals surface area (Å²) in [5.74, 6) is 0.571. The molecule has 0 spiro atoms. The van der Waals surface area contributed by atoms with E-state index in [9.17, 15) is 4.79 Å². The van der Waals surface area contributed by atoms with E-state index in [1.807, 2.05) is 19.1 Å². The predicted octanol–water partition coefficient (Wildman–Crippen LogP) is 2.20. The van der Waals surface area contributed by atoms with Crippen molar-refractivity contribution in [2.24, 2.45) is 11.7 Å². The van der Waals surface area contributed by atoms with Gasteiger partial charge in [0.1, 0.15) is 11.5 Å². The molecule has 5 nitrogen and oxygen atoms in total. The third-order valence-corrected chi connectivity index (χ3v) is 3.02. The summed E-state index contributed by atoms with van der Waals surface area (Å²) in [5, 5.41) is 8.75. The average molecular weight is 267 g/mol. The van der Waals surface area contributed by atoms with Gasteiger partial charge in [-0.05, 0) is 18.4 Å². The van der Waals surface area contributed by atoms with Crippen molar-refractivity contribution >= 4 is 5.97 Å². The molecule has 1 rings (SSSR count). The van der Waals surface area contributed by atoms with Gasteiger partial charge in [0.15, 0.2) is 0 Å². The number of carbonyl (C=O) groups is 1. The van der Waals surface area contributed by atoms with Gasteiger partial charge in [-0.3, -0.25) is 4.79 Å². The topological polar surface area (TPSA) is 81.8 Å². The molecule has 19 heavy (non-hydrogen) atoms. The zero-order valence-corrected chi connectivity index (χ0v) is 11.6. The predicted molar refractivity (Wildman–Crippen MR) is 72.5 cm³/mol. The minimum absolute atomic E-state index is 0.0132. The van der Waals surface area contributed by atoms with Gasteiger partial charge in [-0.25, -0.2) is 0 Å². The number of hydrogen-bond acceptors (Lipinski definition) is 4. The molecule has 0 aliphatic heterocycles. The molecule has 0 bridgehead atoms. The lowest BCUT2D eigenvalue weighted by Gasteiger charge is -2.19. The Morgan fingerprint density at radius 3 is 2.58 bits per heavy atom. The van der Waals surface area contributed by atoms with Crippen LogP contribution in [0.1, 0.15) is 31.4 Å². The maximum atomic E-state index is 10.7. The van der Waals surface area contributed by atoms with E-state index in [-0.39, 0.29) is 18.4 Å². The van der Waals surface area contributed by atoms with Crippen molar-refractivity contribution in [1.29, 1.82) is 0 Å². The summed E-state index contributed by atoms with van der Waals surface area (Å²) >= 11 is 0. The first kappa shape index (κ1) is 15.3. The molecule has 2 unspecified atom stereocenters. The summed E-state index contributed by atoms with van der Waals surface area (Å²) < 4.78 is 10.4. The molecule has 0 saturated carbocycles. The van der Waals surface area contributed by atoms with E-state index >= 15 is 0 Å². The van der Waals surface area contributed by atoms with Gasteiger partial charge in [-0.1, -0.05) is 13.0 Å². The van der Waals surface area contributed by atoms with Crippen molar-refractivity contribution in [3.8, 4) is 11.5 Å². The van der Waals surface area contributed by atoms with Gasteiger partial charge in [-0.15, -0.1) is 0 Å². The normalized spacial score (nSPS) is 13.7. The summed E-state index contributed by atoms with van der Waals surface area (Å²) in [4.78, 5) is 10.7. The second-order valence-corrected chi connectivity index (χ2v) is 4.65. The molecule has 0 fully saturated rings. The van der Waals surface area contributed by atoms with Crippen LogP contribution in [0.25, 0.3) is 0 Å². The molecule has 0 aliphatic rings. The summed E-state index contributed by atoms with van der Waals surface area (Å²) in [6.07, 6.45) is 0.709. The number of ether oxygens (including phenoxy) is 2. The Morgan fingerprint density at radius 1 is 1.37 bits per heavy atom. The quantitative estimate of drug-likeness (QED) is 0.791. The molecule has 3 N–H and O–H groups in total. The number of benzene rings is 1. The lowest BCUT2D eigenvalue weighted by Crippen LogP contribution is -2.16. The van der Waals surface area contributed by atoms with Gasteiger partial charge in [-0.2, -0.15) is 0 Å². The fourth-order valence-electron chi connectivity index (χ4n) is 2.07. The van der Waals surface area contributed by atoms with Crippen LogP contribution in [0.5, 0.6) is 11.5 Å². The first-order valence-corrected chi connectivity index (χ1v) is 6.17. The van der Waals surface area contributed by atoms with Crippen LogP contribution in [0, 0.1) is 5.92 Å². The highest BCUT2D eigenvalue weighted by atomic mass is 16.5. The lowest BCUT2D eigenvalue weighted by molar-refractivity contribution is -0.138. The Morgan fingerprint density at radius 2 is 2.05 bits per heavy atom. The van der Waals surface area contributed by atoms with E-state index < -0.39 is 5.97 Å². The fraction of sp³-hybridized carbons (Fsp3) is 0.500. The largest absolute Gasteiger partial charge is 0.497 e. The number of methoxy groups -OCH3 is 2. The Labute approximate surface area is 113 Å². The van der Waals surface area contributed by atoms with Crippen LogP contribution in [0.2, 0.25) is 0 Å². The Bertz CT molecular complexity index is 433. The summed E-state index contributed by atoms with van der Waals surface area (Å²) in [6, 6.07) is 5.20. The first-order valence-electron chi connectivity index (χ1n) is 6.17. The van der Waals surface area contributed by atoms with E-state index in [1.165, 1.54) is 0 Å². The number of carboxylic acid groups (broad SMARTS) is 1. The van der Waals surface area contributed by atoms with Crippen molar-refractivity contribution < 1.29 is 19.4 Å². The van der Waals surface area contributed by atoms with E-state index in [2.05, 4.69) is 0 Å². The molecule has 1 aromatic rings. The average Bonchev–Trinajstić information content (AvgIpc) is 2.36. The van der Waals surface area contributed by atoms with Crippen LogP contribution in [-0.2, 0) is 4.79 Å². The second-order valence-electron chi connectivity index (χ2n) is 4.65. The minimum Gasteiger partial charge on any atom is -0.497 e. The zero-order chi connectivity index (χ0) is 14.4. The van der Waals surface area contributed by atoms with Crippen LogP contribution in [0.4, 0.5) is 0 Å². The Balaban J connectivity index is 2.81. The first-order chi connectivity index (χ1) is 8.97. The maximum Gasteiger partial charge on any atom is 0.303 e. The molecule has 0 radical (unpaired) electrons. The number of carboxylic acids is 1. The highest BCUT2D eigenvalue weighted by molar-refractivity contribution is 5.66. The van der Waals surface area contributed by atoms with Gasteiger partial charge in [0, 0.05) is 24.1 Å². The fourth-order valence-corrected chi connectivity index (χ4v) is 2.07. The molecule has 0 amide bonds. The molecule has 106 valence electrons. The van der Waals surface area contributed by atoms with Gasteiger partial charge in [0.25, 0.3) is 0 Å². The van der Waals surface area contributed by atoms with Crippen molar-refractivity contribution in [1.82, 2.24) is 0 Å². The molecular weight excluding hydrogens is 246 g/mol. The monoisotopic (exact) mass is 267 g/mol. The van der Waals surface area contributed by atoms with Gasteiger partial charge >= 0.3 is 5.97 Å². The zero-order valence-electron chi connectivity index (χ0n) is 11.6. The van der Waals surface area contributed by atoms with Crippen LogP contribution >= 0.6 is 0 Å². The van der Waals surface area contributed by atoms with E-state index in [0.29, 0.717) is 17.9 Å². The summed E-state index contributed by atoms with van der Waals surface area (Å²) in [5.41, 5.74) is 6.99. The molecule has 0 heterocycles. The second kappa shape index (κ2) is 6.99. The molecule has 1 aromatic carbocycles. The van der Waals surface area contributed by atoms with E-state index in [4.69, 9.17) is 20.3 Å². The smallest absolute Gasteiger partial charge is 0.303 e. The van der Waals surface area contributed by atoms with Gasteiger partial charge < -0.3 is 20.3 Å². The summed E-state index contributed by atoms with van der Waals surface area (Å²) in [6.45, 7) is 1.88. The maximum absolute atomic E-state index is 10.7. The van der Waals surface area contributed by atoms with Crippen LogP contribution in [0.3, 0.4) is 0 Å². The van der Waals surface area contributed by atoms with Crippen LogP contribution in [0.15, 0.2) is 18.2 Å². The lowest BCUT2D eigenvalue weighted by atomic mass is 9.94. The molecule has 0 aromatic heterocycles. The number of hydrogen-bond donors (Lipinski definition) is 2. The van der Waals surface area contributed by atoms with Gasteiger partial charge in [0.05, 0.1) is 14.2 Å². The molecular formula is C14H21NO4. The van der Waals surface area contributed by atoms with Crippen molar-refractivity contribution in [3.05, 3.63) is 23.8 Å². The molecule has 5 heteroatoms. The SMILES string of the molecule is COc1ccc(C(N)CC(C)CC(=O)O)c(OC)c1. The van der Waals surface area contributed by atoms with E-state index in [0.717, 1.165) is 5.56 Å². The highest BCUT2D eigenvalue weighted by Crippen LogP contribution is 2.31. The highest BCUT2D eigenvalue weighted by Gasteiger charge is 2.17. The van der Waals surface area contributed by atoms with Crippen LogP contribution in [-0.4, -0.2) is 25.3 Å². The van der Waals surface area contributed by atoms with Crippen molar-refractivity contribution in [3.63, 3.8) is 0 Å². The standard InChI is InChI=1S/C14H21NO4/c1-9(7-14(16)17)6-12(15)11-5-4-10(18-2)8-13(11)19-3/h4-5,8-9,12H,6-7,15H2,1-3H3,(H,16,17). The molecule has 2 atom stereocenters. The third-order valence-electron chi connectivity index (χ3n) is 3.02. The number of nitrogens with two attached hydrogens (primary N) is 1.